The fraction of sp³-hybridized carbons (Fsp3) is 0.200. The SMILES string of the molecule is Cc1ccc(CN)c(-c2cccc(F)c2C)c1. The number of rotatable bonds is 2. The summed E-state index contributed by atoms with van der Waals surface area (Å²) in [7, 11) is 0. The molecule has 88 valence electrons. The monoisotopic (exact) mass is 229 g/mol. The smallest absolute Gasteiger partial charge is 0.126 e. The molecule has 0 spiro atoms. The highest BCUT2D eigenvalue weighted by molar-refractivity contribution is 5.71. The average molecular weight is 229 g/mol. The summed E-state index contributed by atoms with van der Waals surface area (Å²) in [5, 5.41) is 0. The minimum absolute atomic E-state index is 0.174. The number of aryl methyl sites for hydroxylation is 1. The molecule has 0 radical (unpaired) electrons. The number of halogens is 1. The first-order chi connectivity index (χ1) is 8.13. The van der Waals surface area contributed by atoms with Gasteiger partial charge in [-0.2, -0.15) is 0 Å². The Balaban J connectivity index is 2.67. The minimum atomic E-state index is -0.174. The molecule has 0 amide bonds. The highest BCUT2D eigenvalue weighted by Crippen LogP contribution is 2.28. The second kappa shape index (κ2) is 4.68. The topological polar surface area (TPSA) is 26.0 Å². The van der Waals surface area contributed by atoms with E-state index in [0.717, 1.165) is 22.3 Å². The van der Waals surface area contributed by atoms with Gasteiger partial charge in [-0.3, -0.25) is 0 Å². The number of nitrogens with two attached hydrogens (primary N) is 1. The summed E-state index contributed by atoms with van der Waals surface area (Å²) in [5.41, 5.74) is 10.6. The summed E-state index contributed by atoms with van der Waals surface area (Å²) in [6.07, 6.45) is 0. The van der Waals surface area contributed by atoms with Crippen LogP contribution in [0.5, 0.6) is 0 Å². The second-order valence-corrected chi connectivity index (χ2v) is 4.28. The fourth-order valence-corrected chi connectivity index (χ4v) is 2.02. The van der Waals surface area contributed by atoms with Crippen LogP contribution in [0.4, 0.5) is 4.39 Å². The molecule has 2 aromatic carbocycles. The van der Waals surface area contributed by atoms with E-state index in [2.05, 4.69) is 6.07 Å². The van der Waals surface area contributed by atoms with Gasteiger partial charge in [-0.05, 0) is 42.2 Å². The molecule has 0 saturated carbocycles. The molecule has 0 fully saturated rings. The maximum absolute atomic E-state index is 13.6. The summed E-state index contributed by atoms with van der Waals surface area (Å²) < 4.78 is 13.6. The molecule has 0 aliphatic rings. The third-order valence-electron chi connectivity index (χ3n) is 3.04. The standard InChI is InChI=1S/C15H16FN/c1-10-6-7-12(9-17)14(8-10)13-4-3-5-15(16)11(13)2/h3-8H,9,17H2,1-2H3. The van der Waals surface area contributed by atoms with Crippen molar-refractivity contribution >= 4 is 0 Å². The van der Waals surface area contributed by atoms with Crippen LogP contribution in [0.15, 0.2) is 36.4 Å². The highest BCUT2D eigenvalue weighted by Gasteiger charge is 2.09. The molecule has 2 heteroatoms. The van der Waals surface area contributed by atoms with E-state index < -0.39 is 0 Å². The van der Waals surface area contributed by atoms with Crippen LogP contribution < -0.4 is 5.73 Å². The van der Waals surface area contributed by atoms with Gasteiger partial charge in [0, 0.05) is 6.54 Å². The number of hydrogen-bond donors (Lipinski definition) is 1. The van der Waals surface area contributed by atoms with Gasteiger partial charge in [0.15, 0.2) is 0 Å². The lowest BCUT2D eigenvalue weighted by Gasteiger charge is -2.12. The first-order valence-corrected chi connectivity index (χ1v) is 5.68. The van der Waals surface area contributed by atoms with Crippen LogP contribution in [0.25, 0.3) is 11.1 Å². The predicted octanol–water partition coefficient (Wildman–Crippen LogP) is 3.57. The first kappa shape index (κ1) is 11.8. The summed E-state index contributed by atoms with van der Waals surface area (Å²) >= 11 is 0. The van der Waals surface area contributed by atoms with E-state index in [1.54, 1.807) is 13.0 Å². The maximum atomic E-state index is 13.6. The number of hydrogen-bond acceptors (Lipinski definition) is 1. The van der Waals surface area contributed by atoms with Crippen LogP contribution in [-0.2, 0) is 6.54 Å². The summed E-state index contributed by atoms with van der Waals surface area (Å²) in [6, 6.07) is 11.3. The van der Waals surface area contributed by atoms with Crippen LogP contribution >= 0.6 is 0 Å². The molecule has 0 aromatic heterocycles. The third-order valence-corrected chi connectivity index (χ3v) is 3.04. The van der Waals surface area contributed by atoms with Gasteiger partial charge in [-0.15, -0.1) is 0 Å². The Hall–Kier alpha value is -1.67. The lowest BCUT2D eigenvalue weighted by molar-refractivity contribution is 0.619. The van der Waals surface area contributed by atoms with E-state index in [1.165, 1.54) is 6.07 Å². The zero-order chi connectivity index (χ0) is 12.4. The molecule has 17 heavy (non-hydrogen) atoms. The Morgan fingerprint density at radius 3 is 2.53 bits per heavy atom. The van der Waals surface area contributed by atoms with Crippen molar-refractivity contribution in [1.29, 1.82) is 0 Å². The van der Waals surface area contributed by atoms with Crippen LogP contribution in [0.3, 0.4) is 0 Å². The number of benzene rings is 2. The average Bonchev–Trinajstić information content (AvgIpc) is 2.33. The third kappa shape index (κ3) is 2.22. The normalized spacial score (nSPS) is 10.6. The lowest BCUT2D eigenvalue weighted by atomic mass is 9.94. The van der Waals surface area contributed by atoms with E-state index in [9.17, 15) is 4.39 Å². The molecular weight excluding hydrogens is 213 g/mol. The van der Waals surface area contributed by atoms with Crippen molar-refractivity contribution in [3.63, 3.8) is 0 Å². The van der Waals surface area contributed by atoms with Gasteiger partial charge in [-0.1, -0.05) is 35.9 Å². The summed E-state index contributed by atoms with van der Waals surface area (Å²) in [6.45, 7) is 4.29. The van der Waals surface area contributed by atoms with E-state index in [1.807, 2.05) is 25.1 Å². The zero-order valence-corrected chi connectivity index (χ0v) is 10.1. The van der Waals surface area contributed by atoms with Crippen LogP contribution in [0.1, 0.15) is 16.7 Å². The molecule has 0 aliphatic heterocycles. The molecule has 2 N–H and O–H groups in total. The van der Waals surface area contributed by atoms with Crippen LogP contribution in [0, 0.1) is 19.7 Å². The molecule has 0 atom stereocenters. The molecule has 2 rings (SSSR count). The van der Waals surface area contributed by atoms with Gasteiger partial charge >= 0.3 is 0 Å². The largest absolute Gasteiger partial charge is 0.326 e. The maximum Gasteiger partial charge on any atom is 0.126 e. The van der Waals surface area contributed by atoms with E-state index in [0.29, 0.717) is 12.1 Å². The molecular formula is C15H16FN. The highest BCUT2D eigenvalue weighted by atomic mass is 19.1. The molecule has 2 aromatic rings. The van der Waals surface area contributed by atoms with Crippen molar-refractivity contribution in [2.75, 3.05) is 0 Å². The summed E-state index contributed by atoms with van der Waals surface area (Å²) in [4.78, 5) is 0. The van der Waals surface area contributed by atoms with Gasteiger partial charge in [-0.25, -0.2) is 4.39 Å². The minimum Gasteiger partial charge on any atom is -0.326 e. The second-order valence-electron chi connectivity index (χ2n) is 4.28. The van der Waals surface area contributed by atoms with Gasteiger partial charge in [0.2, 0.25) is 0 Å². The van der Waals surface area contributed by atoms with Crippen molar-refractivity contribution in [3.8, 4) is 11.1 Å². The Kier molecular flexibility index (Phi) is 3.25. The fourth-order valence-electron chi connectivity index (χ4n) is 2.02. The van der Waals surface area contributed by atoms with Gasteiger partial charge in [0.1, 0.15) is 5.82 Å². The predicted molar refractivity (Wildman–Crippen MR) is 69.2 cm³/mol. The molecule has 0 unspecified atom stereocenters. The van der Waals surface area contributed by atoms with Crippen LogP contribution in [0.2, 0.25) is 0 Å². The van der Waals surface area contributed by atoms with Gasteiger partial charge in [0.05, 0.1) is 0 Å². The van der Waals surface area contributed by atoms with Crippen molar-refractivity contribution in [2.45, 2.75) is 20.4 Å². The Bertz CT molecular complexity index is 547. The van der Waals surface area contributed by atoms with Gasteiger partial charge < -0.3 is 5.73 Å². The first-order valence-electron chi connectivity index (χ1n) is 5.68. The Labute approximate surface area is 101 Å². The zero-order valence-electron chi connectivity index (χ0n) is 10.1. The molecule has 0 bridgehead atoms. The van der Waals surface area contributed by atoms with E-state index >= 15 is 0 Å². The van der Waals surface area contributed by atoms with E-state index in [4.69, 9.17) is 5.73 Å². The molecule has 1 nitrogen and oxygen atoms in total. The quantitative estimate of drug-likeness (QED) is 0.837. The Morgan fingerprint density at radius 2 is 1.82 bits per heavy atom. The van der Waals surface area contributed by atoms with Crippen molar-refractivity contribution in [2.24, 2.45) is 5.73 Å². The molecule has 0 aliphatic carbocycles. The van der Waals surface area contributed by atoms with Crippen LogP contribution in [-0.4, -0.2) is 0 Å². The summed E-state index contributed by atoms with van der Waals surface area (Å²) in [5.74, 6) is -0.174. The van der Waals surface area contributed by atoms with Gasteiger partial charge in [0.25, 0.3) is 0 Å². The van der Waals surface area contributed by atoms with Crippen molar-refractivity contribution in [3.05, 3.63) is 58.9 Å². The van der Waals surface area contributed by atoms with Crippen molar-refractivity contribution in [1.82, 2.24) is 0 Å². The lowest BCUT2D eigenvalue weighted by Crippen LogP contribution is -2.00. The van der Waals surface area contributed by atoms with Crippen molar-refractivity contribution < 1.29 is 4.39 Å². The van der Waals surface area contributed by atoms with E-state index in [-0.39, 0.29) is 5.82 Å². The molecule has 0 saturated heterocycles. The molecule has 0 heterocycles. The Morgan fingerprint density at radius 1 is 1.06 bits per heavy atom.